The van der Waals surface area contributed by atoms with E-state index in [0.29, 0.717) is 11.6 Å². The van der Waals surface area contributed by atoms with Crippen LogP contribution in [-0.2, 0) is 9.53 Å². The molecule has 1 aromatic rings. The lowest BCUT2D eigenvalue weighted by atomic mass is 10.2. The van der Waals surface area contributed by atoms with E-state index in [4.69, 9.17) is 9.47 Å². The number of rotatable bonds is 4. The van der Waals surface area contributed by atoms with Crippen molar-refractivity contribution in [3.8, 4) is 5.88 Å². The zero-order chi connectivity index (χ0) is 16.9. The second-order valence-corrected chi connectivity index (χ2v) is 5.82. The molecule has 1 heterocycles. The van der Waals surface area contributed by atoms with Crippen LogP contribution in [0.3, 0.4) is 0 Å². The third-order valence-corrected chi connectivity index (χ3v) is 2.75. The van der Waals surface area contributed by atoms with Crippen LogP contribution in [0.15, 0.2) is 18.3 Å². The zero-order valence-electron chi connectivity index (χ0n) is 13.8. The van der Waals surface area contributed by atoms with Crippen LogP contribution in [0.4, 0.5) is 10.5 Å². The fourth-order valence-electron chi connectivity index (χ4n) is 1.66. The van der Waals surface area contributed by atoms with Crippen LogP contribution in [0.5, 0.6) is 5.88 Å². The predicted molar refractivity (Wildman–Crippen MR) is 83.0 cm³/mol. The average Bonchev–Trinajstić information content (AvgIpc) is 2.43. The van der Waals surface area contributed by atoms with Crippen molar-refractivity contribution in [2.75, 3.05) is 19.1 Å². The molecule has 1 aromatic heterocycles. The Hall–Kier alpha value is -2.31. The van der Waals surface area contributed by atoms with Gasteiger partial charge in [-0.05, 0) is 33.8 Å². The summed E-state index contributed by atoms with van der Waals surface area (Å²) in [4.78, 5) is 29.4. The maximum atomic E-state index is 12.3. The summed E-state index contributed by atoms with van der Waals surface area (Å²) in [6, 6.07) is 2.65. The maximum absolute atomic E-state index is 12.3. The van der Waals surface area contributed by atoms with Gasteiger partial charge in [0.15, 0.2) is 0 Å². The van der Waals surface area contributed by atoms with Crippen molar-refractivity contribution in [2.45, 2.75) is 39.3 Å². The number of nitrogens with zero attached hydrogens (tertiary/aromatic N) is 2. The molecule has 0 spiro atoms. The summed E-state index contributed by atoms with van der Waals surface area (Å²) in [5.41, 5.74) is -0.0119. The van der Waals surface area contributed by atoms with Crippen molar-refractivity contribution in [2.24, 2.45) is 0 Å². The van der Waals surface area contributed by atoms with Crippen LogP contribution in [0.2, 0.25) is 0 Å². The molecule has 0 aliphatic rings. The third kappa shape index (κ3) is 5.23. The highest BCUT2D eigenvalue weighted by atomic mass is 16.6. The minimum Gasteiger partial charge on any atom is -0.481 e. The first kappa shape index (κ1) is 17.7. The van der Waals surface area contributed by atoms with E-state index in [0.717, 1.165) is 0 Å². The molecule has 1 N–H and O–H groups in total. The molecular formula is C15H23N3O4. The highest BCUT2D eigenvalue weighted by Gasteiger charge is 2.23. The van der Waals surface area contributed by atoms with Crippen molar-refractivity contribution in [3.05, 3.63) is 18.3 Å². The smallest absolute Gasteiger partial charge is 0.408 e. The molecule has 0 aliphatic heterocycles. The van der Waals surface area contributed by atoms with Gasteiger partial charge in [-0.2, -0.15) is 0 Å². The van der Waals surface area contributed by atoms with E-state index in [2.05, 4.69) is 10.3 Å². The van der Waals surface area contributed by atoms with E-state index in [1.165, 1.54) is 18.2 Å². The number of alkyl carbamates (subject to hydrolysis) is 1. The van der Waals surface area contributed by atoms with E-state index < -0.39 is 17.7 Å². The number of amides is 2. The molecular weight excluding hydrogens is 286 g/mol. The topological polar surface area (TPSA) is 80.8 Å². The van der Waals surface area contributed by atoms with Gasteiger partial charge in [-0.15, -0.1) is 0 Å². The van der Waals surface area contributed by atoms with E-state index >= 15 is 0 Å². The van der Waals surface area contributed by atoms with Crippen LogP contribution < -0.4 is 15.0 Å². The molecule has 0 saturated heterocycles. The lowest BCUT2D eigenvalue weighted by Gasteiger charge is -2.24. The standard InChI is InChI=1S/C15H23N3O4/c1-10(17-14(20)22-15(2,3)4)13(19)18(5)11-7-8-12(21-6)16-9-11/h7-10H,1-6H3,(H,17,20)/t10-/m1/s1. The summed E-state index contributed by atoms with van der Waals surface area (Å²) in [6.07, 6.45) is 0.895. The number of anilines is 1. The van der Waals surface area contributed by atoms with Gasteiger partial charge in [-0.3, -0.25) is 4.79 Å². The van der Waals surface area contributed by atoms with Crippen LogP contribution in [-0.4, -0.2) is 42.8 Å². The molecule has 7 heteroatoms. The highest BCUT2D eigenvalue weighted by Crippen LogP contribution is 2.15. The fraction of sp³-hybridized carbons (Fsp3) is 0.533. The first-order valence-electron chi connectivity index (χ1n) is 6.91. The largest absolute Gasteiger partial charge is 0.481 e. The zero-order valence-corrected chi connectivity index (χ0v) is 13.8. The average molecular weight is 309 g/mol. The Bertz CT molecular complexity index is 523. The van der Waals surface area contributed by atoms with Gasteiger partial charge in [0.05, 0.1) is 19.0 Å². The van der Waals surface area contributed by atoms with Crippen LogP contribution in [0.25, 0.3) is 0 Å². The first-order valence-corrected chi connectivity index (χ1v) is 6.91. The van der Waals surface area contributed by atoms with E-state index in [1.54, 1.807) is 46.9 Å². The quantitative estimate of drug-likeness (QED) is 0.919. The van der Waals surface area contributed by atoms with Gasteiger partial charge in [-0.1, -0.05) is 0 Å². The Kier molecular flexibility index (Phi) is 5.73. The van der Waals surface area contributed by atoms with Crippen molar-refractivity contribution < 1.29 is 19.1 Å². The lowest BCUT2D eigenvalue weighted by Crippen LogP contribution is -2.47. The van der Waals surface area contributed by atoms with Crippen molar-refractivity contribution in [3.63, 3.8) is 0 Å². The summed E-state index contributed by atoms with van der Waals surface area (Å²) in [5.74, 6) is 0.183. The first-order chi connectivity index (χ1) is 10.1. The number of carbonyl (C=O) groups excluding carboxylic acids is 2. The summed E-state index contributed by atoms with van der Waals surface area (Å²) < 4.78 is 10.1. The summed E-state index contributed by atoms with van der Waals surface area (Å²) in [7, 11) is 3.13. The van der Waals surface area contributed by atoms with Gasteiger partial charge in [0.25, 0.3) is 0 Å². The molecule has 7 nitrogen and oxygen atoms in total. The summed E-state index contributed by atoms with van der Waals surface area (Å²) in [6.45, 7) is 6.87. The molecule has 1 rings (SSSR count). The van der Waals surface area contributed by atoms with Crippen LogP contribution >= 0.6 is 0 Å². The van der Waals surface area contributed by atoms with Gasteiger partial charge < -0.3 is 19.7 Å². The van der Waals surface area contributed by atoms with E-state index in [9.17, 15) is 9.59 Å². The molecule has 1 atom stereocenters. The summed E-state index contributed by atoms with van der Waals surface area (Å²) >= 11 is 0. The highest BCUT2D eigenvalue weighted by molar-refractivity contribution is 5.97. The second kappa shape index (κ2) is 7.11. The molecule has 0 aromatic carbocycles. The fourth-order valence-corrected chi connectivity index (χ4v) is 1.66. The normalized spacial score (nSPS) is 12.3. The van der Waals surface area contributed by atoms with Gasteiger partial charge >= 0.3 is 6.09 Å². The molecule has 122 valence electrons. The minimum absolute atomic E-state index is 0.280. The molecule has 0 bridgehead atoms. The molecule has 0 fully saturated rings. The number of hydrogen-bond acceptors (Lipinski definition) is 5. The summed E-state index contributed by atoms with van der Waals surface area (Å²) in [5, 5.41) is 2.51. The Morgan fingerprint density at radius 2 is 1.95 bits per heavy atom. The van der Waals surface area contributed by atoms with Gasteiger partial charge in [0.2, 0.25) is 11.8 Å². The molecule has 22 heavy (non-hydrogen) atoms. The number of carbonyl (C=O) groups is 2. The van der Waals surface area contributed by atoms with E-state index in [1.807, 2.05) is 0 Å². The number of pyridine rings is 1. The molecule has 0 radical (unpaired) electrons. The van der Waals surface area contributed by atoms with Gasteiger partial charge in [-0.25, -0.2) is 9.78 Å². The molecule has 0 saturated carbocycles. The van der Waals surface area contributed by atoms with Crippen LogP contribution in [0, 0.1) is 0 Å². The van der Waals surface area contributed by atoms with Gasteiger partial charge in [0.1, 0.15) is 11.6 Å². The number of nitrogens with one attached hydrogen (secondary N) is 1. The third-order valence-electron chi connectivity index (χ3n) is 2.75. The number of methoxy groups -OCH3 is 1. The Morgan fingerprint density at radius 1 is 1.32 bits per heavy atom. The van der Waals surface area contributed by atoms with Crippen molar-refractivity contribution in [1.29, 1.82) is 0 Å². The SMILES string of the molecule is COc1ccc(N(C)C(=O)[C@@H](C)NC(=O)OC(C)(C)C)cn1. The molecule has 2 amide bonds. The number of hydrogen-bond donors (Lipinski definition) is 1. The Morgan fingerprint density at radius 3 is 2.41 bits per heavy atom. The minimum atomic E-state index is -0.720. The molecule has 0 unspecified atom stereocenters. The Balaban J connectivity index is 2.66. The monoisotopic (exact) mass is 309 g/mol. The maximum Gasteiger partial charge on any atom is 0.408 e. The molecule has 0 aliphatic carbocycles. The Labute approximate surface area is 130 Å². The number of likely N-dealkylation sites (N-methyl/N-ethyl adjacent to an activating group) is 1. The van der Waals surface area contributed by atoms with Crippen LogP contribution in [0.1, 0.15) is 27.7 Å². The lowest BCUT2D eigenvalue weighted by molar-refractivity contribution is -0.120. The second-order valence-electron chi connectivity index (χ2n) is 5.82. The van der Waals surface area contributed by atoms with Gasteiger partial charge in [0, 0.05) is 13.1 Å². The number of aromatic nitrogens is 1. The van der Waals surface area contributed by atoms with E-state index in [-0.39, 0.29) is 5.91 Å². The van der Waals surface area contributed by atoms with Crippen molar-refractivity contribution in [1.82, 2.24) is 10.3 Å². The number of ether oxygens (including phenoxy) is 2. The van der Waals surface area contributed by atoms with Crippen molar-refractivity contribution >= 4 is 17.7 Å². The predicted octanol–water partition coefficient (Wildman–Crippen LogP) is 1.97.